The molecule has 8 heteroatoms. The number of rotatable bonds is 14. The van der Waals surface area contributed by atoms with Gasteiger partial charge >= 0.3 is 5.97 Å². The number of ether oxygens (including phenoxy) is 1. The lowest BCUT2D eigenvalue weighted by atomic mass is 9.75. The summed E-state index contributed by atoms with van der Waals surface area (Å²) < 4.78 is 4.73. The van der Waals surface area contributed by atoms with Crippen LogP contribution in [0.4, 0.5) is 0 Å². The Morgan fingerprint density at radius 2 is 1.82 bits per heavy atom. The molecule has 0 aliphatic heterocycles. The van der Waals surface area contributed by atoms with Gasteiger partial charge in [0.05, 0.1) is 19.1 Å². The van der Waals surface area contributed by atoms with Crippen molar-refractivity contribution in [3.63, 3.8) is 0 Å². The Bertz CT molecular complexity index is 701. The molecule has 1 amide bonds. The van der Waals surface area contributed by atoms with E-state index < -0.39 is 5.41 Å². The molecule has 0 bridgehead atoms. The first-order chi connectivity index (χ1) is 15.6. The van der Waals surface area contributed by atoms with Gasteiger partial charge in [0.15, 0.2) is 0 Å². The molecular weight excluding hydrogens is 456 g/mol. The summed E-state index contributed by atoms with van der Waals surface area (Å²) in [7, 11) is 3.08. The zero-order valence-corrected chi connectivity index (χ0v) is 23.1. The van der Waals surface area contributed by atoms with E-state index in [0.717, 1.165) is 41.9 Å². The number of esters is 1. The standard InChI is InChI=1S/C23H38N2O4S.C2H6S/c1-22(2,17-30-15-14-26)12-7-13-23(3,21(28)25-24-4)19-9-6-8-18(16-19)10-11-20(27)29-5;1-3-2/h6,8-9,16,24,26H,7,10-15,17H2,1-5H3,(H,25,28);1-2H3. The Kier molecular flexibility index (Phi) is 16.6. The summed E-state index contributed by atoms with van der Waals surface area (Å²) in [5.74, 6) is 1.43. The van der Waals surface area contributed by atoms with Gasteiger partial charge in [-0.25, -0.2) is 5.43 Å². The topological polar surface area (TPSA) is 87.7 Å². The Morgan fingerprint density at radius 1 is 1.15 bits per heavy atom. The van der Waals surface area contributed by atoms with Crippen molar-refractivity contribution in [2.24, 2.45) is 5.41 Å². The van der Waals surface area contributed by atoms with Crippen LogP contribution in [0.5, 0.6) is 0 Å². The lowest BCUT2D eigenvalue weighted by Gasteiger charge is -2.31. The second-order valence-electron chi connectivity index (χ2n) is 9.01. The van der Waals surface area contributed by atoms with Crippen LogP contribution in [0.3, 0.4) is 0 Å². The van der Waals surface area contributed by atoms with E-state index in [0.29, 0.717) is 12.8 Å². The number of benzene rings is 1. The first-order valence-electron chi connectivity index (χ1n) is 11.3. The summed E-state index contributed by atoms with van der Waals surface area (Å²) in [6.07, 6.45) is 7.61. The second kappa shape index (κ2) is 17.2. The summed E-state index contributed by atoms with van der Waals surface area (Å²) in [4.78, 5) is 24.5. The highest BCUT2D eigenvalue weighted by Crippen LogP contribution is 2.35. The van der Waals surface area contributed by atoms with Crippen molar-refractivity contribution in [1.29, 1.82) is 0 Å². The monoisotopic (exact) mass is 500 g/mol. The minimum Gasteiger partial charge on any atom is -0.469 e. The van der Waals surface area contributed by atoms with Crippen molar-refractivity contribution in [2.75, 3.05) is 44.8 Å². The molecule has 0 fully saturated rings. The average molecular weight is 501 g/mol. The van der Waals surface area contributed by atoms with Crippen LogP contribution in [0.15, 0.2) is 24.3 Å². The molecule has 3 N–H and O–H groups in total. The van der Waals surface area contributed by atoms with Gasteiger partial charge in [0.25, 0.3) is 0 Å². The van der Waals surface area contributed by atoms with E-state index in [9.17, 15) is 9.59 Å². The highest BCUT2D eigenvalue weighted by Gasteiger charge is 2.35. The van der Waals surface area contributed by atoms with Crippen LogP contribution < -0.4 is 10.9 Å². The van der Waals surface area contributed by atoms with Crippen LogP contribution in [0, 0.1) is 5.41 Å². The molecule has 1 atom stereocenters. The Hall–Kier alpha value is -1.22. The molecule has 1 unspecified atom stereocenters. The number of methoxy groups -OCH3 is 1. The maximum Gasteiger partial charge on any atom is 0.305 e. The average Bonchev–Trinajstić information content (AvgIpc) is 2.78. The molecule has 0 aromatic heterocycles. The lowest BCUT2D eigenvalue weighted by Crippen LogP contribution is -2.47. The van der Waals surface area contributed by atoms with E-state index >= 15 is 0 Å². The summed E-state index contributed by atoms with van der Waals surface area (Å²) in [5.41, 5.74) is 6.94. The molecule has 190 valence electrons. The maximum atomic E-state index is 13.0. The minimum absolute atomic E-state index is 0.0671. The first kappa shape index (κ1) is 31.8. The van der Waals surface area contributed by atoms with Gasteiger partial charge in [-0.1, -0.05) is 44.5 Å². The summed E-state index contributed by atoms with van der Waals surface area (Å²) in [5, 5.41) is 8.99. The SMILES string of the molecule is CNNC(=O)C(C)(CCCC(C)(C)CSCCO)c1cccc(CCC(=O)OC)c1.CSC. The molecule has 0 aliphatic rings. The van der Waals surface area contributed by atoms with Crippen molar-refractivity contribution in [3.8, 4) is 0 Å². The van der Waals surface area contributed by atoms with Crippen LogP contribution in [0.2, 0.25) is 0 Å². The van der Waals surface area contributed by atoms with Crippen LogP contribution in [-0.2, 0) is 26.2 Å². The third-order valence-corrected chi connectivity index (χ3v) is 6.86. The van der Waals surface area contributed by atoms with Crippen molar-refractivity contribution in [3.05, 3.63) is 35.4 Å². The number of carbonyl (C=O) groups is 2. The van der Waals surface area contributed by atoms with Crippen molar-refractivity contribution in [1.82, 2.24) is 10.9 Å². The molecule has 1 aromatic rings. The summed E-state index contributed by atoms with van der Waals surface area (Å²) >= 11 is 3.51. The number of hydrogen-bond donors (Lipinski definition) is 3. The zero-order valence-electron chi connectivity index (χ0n) is 21.5. The molecule has 33 heavy (non-hydrogen) atoms. The van der Waals surface area contributed by atoms with E-state index in [1.165, 1.54) is 7.11 Å². The van der Waals surface area contributed by atoms with E-state index in [1.54, 1.807) is 30.6 Å². The second-order valence-corrected chi connectivity index (χ2v) is 10.9. The van der Waals surface area contributed by atoms with E-state index in [2.05, 4.69) is 24.7 Å². The fourth-order valence-corrected chi connectivity index (χ4v) is 4.43. The number of carbonyl (C=O) groups excluding carboxylic acids is 2. The van der Waals surface area contributed by atoms with Gasteiger partial charge in [-0.15, -0.1) is 0 Å². The van der Waals surface area contributed by atoms with E-state index in [1.807, 2.05) is 43.7 Å². The minimum atomic E-state index is -0.682. The molecule has 6 nitrogen and oxygen atoms in total. The molecule has 0 aliphatic carbocycles. The Balaban J connectivity index is 0.00000322. The summed E-state index contributed by atoms with van der Waals surface area (Å²) in [6, 6.07) is 7.94. The predicted octanol–water partition coefficient (Wildman–Crippen LogP) is 4.20. The number of hydrazine groups is 1. The smallest absolute Gasteiger partial charge is 0.305 e. The largest absolute Gasteiger partial charge is 0.469 e. The first-order valence-corrected chi connectivity index (χ1v) is 14.1. The molecule has 1 rings (SSSR count). The number of aliphatic hydroxyl groups excluding tert-OH is 1. The predicted molar refractivity (Wildman–Crippen MR) is 143 cm³/mol. The van der Waals surface area contributed by atoms with Gasteiger partial charge in [-0.05, 0) is 61.0 Å². The third kappa shape index (κ3) is 12.7. The molecule has 0 saturated heterocycles. The Labute approximate surface area is 209 Å². The number of thioether (sulfide) groups is 2. The maximum absolute atomic E-state index is 13.0. The Morgan fingerprint density at radius 3 is 2.39 bits per heavy atom. The van der Waals surface area contributed by atoms with Gasteiger partial charge in [0, 0.05) is 19.2 Å². The number of hydrogen-bond acceptors (Lipinski definition) is 7. The molecular formula is C25H44N2O4S2. The van der Waals surface area contributed by atoms with Crippen LogP contribution in [0.25, 0.3) is 0 Å². The van der Waals surface area contributed by atoms with Gasteiger partial charge in [0.2, 0.25) is 5.91 Å². The normalized spacial score (nSPS) is 12.8. The number of amides is 1. The fourth-order valence-electron chi connectivity index (χ4n) is 3.46. The van der Waals surface area contributed by atoms with Crippen molar-refractivity contribution < 1.29 is 19.4 Å². The third-order valence-electron chi connectivity index (χ3n) is 5.41. The highest BCUT2D eigenvalue weighted by molar-refractivity contribution is 7.99. The van der Waals surface area contributed by atoms with Crippen LogP contribution in [0.1, 0.15) is 57.6 Å². The van der Waals surface area contributed by atoms with Crippen LogP contribution >= 0.6 is 23.5 Å². The fraction of sp³-hybridized carbons (Fsp3) is 0.680. The molecule has 0 saturated carbocycles. The van der Waals surface area contributed by atoms with Gasteiger partial charge < -0.3 is 9.84 Å². The van der Waals surface area contributed by atoms with Gasteiger partial charge in [-0.3, -0.25) is 15.0 Å². The van der Waals surface area contributed by atoms with E-state index in [4.69, 9.17) is 9.84 Å². The zero-order chi connectivity index (χ0) is 25.3. The number of aryl methyl sites for hydroxylation is 1. The highest BCUT2D eigenvalue weighted by atomic mass is 32.2. The summed E-state index contributed by atoms with van der Waals surface area (Å²) in [6.45, 7) is 6.65. The molecule has 0 radical (unpaired) electrons. The molecule has 0 heterocycles. The quantitative estimate of drug-likeness (QED) is 0.200. The lowest BCUT2D eigenvalue weighted by molar-refractivity contribution is -0.140. The molecule has 0 spiro atoms. The van der Waals surface area contributed by atoms with Crippen molar-refractivity contribution >= 4 is 35.4 Å². The number of nitrogens with one attached hydrogen (secondary N) is 2. The van der Waals surface area contributed by atoms with Crippen molar-refractivity contribution in [2.45, 2.75) is 58.3 Å². The van der Waals surface area contributed by atoms with Crippen LogP contribution in [-0.4, -0.2) is 61.8 Å². The number of aliphatic hydroxyl groups is 1. The molecule has 1 aromatic carbocycles. The van der Waals surface area contributed by atoms with Gasteiger partial charge in [0.1, 0.15) is 0 Å². The van der Waals surface area contributed by atoms with Gasteiger partial charge in [-0.2, -0.15) is 23.5 Å². The van der Waals surface area contributed by atoms with E-state index in [-0.39, 0.29) is 23.9 Å².